The lowest BCUT2D eigenvalue weighted by Crippen LogP contribution is -2.37. The predicted molar refractivity (Wildman–Crippen MR) is 120 cm³/mol. The van der Waals surface area contributed by atoms with Gasteiger partial charge >= 0.3 is 0 Å². The number of aryl methyl sites for hydroxylation is 1. The number of furan rings is 1. The van der Waals surface area contributed by atoms with Crippen molar-refractivity contribution < 1.29 is 9.21 Å². The van der Waals surface area contributed by atoms with Crippen LogP contribution in [0.5, 0.6) is 0 Å². The first-order valence-corrected chi connectivity index (χ1v) is 9.09. The molecule has 0 aliphatic heterocycles. The molecule has 9 heteroatoms. The lowest BCUT2D eigenvalue weighted by molar-refractivity contribution is 0.0972. The Hall–Kier alpha value is -1.45. The van der Waals surface area contributed by atoms with E-state index in [1.54, 1.807) is 18.2 Å². The van der Waals surface area contributed by atoms with Gasteiger partial charge in [-0.3, -0.25) is 4.79 Å². The number of amides is 1. The fourth-order valence-corrected chi connectivity index (χ4v) is 2.81. The SMILES string of the molecule is CCNC(=NCc1ccc(C(N)=O)o1)NCCCc1ccc(Cl)cc1Cl.I. The van der Waals surface area contributed by atoms with Gasteiger partial charge in [0.1, 0.15) is 12.3 Å². The van der Waals surface area contributed by atoms with Crippen LogP contribution >= 0.6 is 47.2 Å². The highest BCUT2D eigenvalue weighted by atomic mass is 127. The Labute approximate surface area is 185 Å². The molecule has 0 fully saturated rings. The average Bonchev–Trinajstić information content (AvgIpc) is 3.07. The first-order chi connectivity index (χ1) is 12.5. The summed E-state index contributed by atoms with van der Waals surface area (Å²) in [6.07, 6.45) is 1.72. The molecule has 27 heavy (non-hydrogen) atoms. The zero-order valence-electron chi connectivity index (χ0n) is 14.9. The molecule has 0 radical (unpaired) electrons. The smallest absolute Gasteiger partial charge is 0.284 e. The lowest BCUT2D eigenvalue weighted by atomic mass is 10.1. The monoisotopic (exact) mass is 524 g/mol. The molecule has 1 aromatic heterocycles. The zero-order valence-corrected chi connectivity index (χ0v) is 18.8. The van der Waals surface area contributed by atoms with Crippen LogP contribution in [0.15, 0.2) is 39.7 Å². The van der Waals surface area contributed by atoms with Gasteiger partial charge in [-0.1, -0.05) is 29.3 Å². The van der Waals surface area contributed by atoms with Crippen LogP contribution in [0, 0.1) is 0 Å². The summed E-state index contributed by atoms with van der Waals surface area (Å²) in [7, 11) is 0. The molecule has 0 aliphatic rings. The van der Waals surface area contributed by atoms with E-state index in [4.69, 9.17) is 33.4 Å². The van der Waals surface area contributed by atoms with E-state index in [2.05, 4.69) is 15.6 Å². The summed E-state index contributed by atoms with van der Waals surface area (Å²) < 4.78 is 5.32. The number of hydrogen-bond acceptors (Lipinski definition) is 3. The van der Waals surface area contributed by atoms with E-state index >= 15 is 0 Å². The summed E-state index contributed by atoms with van der Waals surface area (Å²) in [5.41, 5.74) is 6.23. The number of carbonyl (C=O) groups is 1. The average molecular weight is 525 g/mol. The summed E-state index contributed by atoms with van der Waals surface area (Å²) in [6.45, 7) is 3.77. The maximum atomic E-state index is 11.0. The lowest BCUT2D eigenvalue weighted by Gasteiger charge is -2.11. The molecule has 148 valence electrons. The Kier molecular flexibility index (Phi) is 10.6. The number of carbonyl (C=O) groups excluding carboxylic acids is 1. The molecule has 4 N–H and O–H groups in total. The number of benzene rings is 1. The first-order valence-electron chi connectivity index (χ1n) is 8.34. The summed E-state index contributed by atoms with van der Waals surface area (Å²) in [5.74, 6) is 0.787. The molecule has 0 spiro atoms. The molecule has 0 saturated carbocycles. The first kappa shape index (κ1) is 23.6. The summed E-state index contributed by atoms with van der Waals surface area (Å²) >= 11 is 12.1. The Balaban J connectivity index is 0.00000364. The Morgan fingerprint density at radius 3 is 2.63 bits per heavy atom. The minimum absolute atomic E-state index is 0. The predicted octanol–water partition coefficient (Wildman–Crippen LogP) is 3.99. The van der Waals surface area contributed by atoms with Gasteiger partial charge in [0.2, 0.25) is 0 Å². The molecular weight excluding hydrogens is 502 g/mol. The van der Waals surface area contributed by atoms with E-state index in [9.17, 15) is 4.79 Å². The van der Waals surface area contributed by atoms with Crippen LogP contribution in [-0.2, 0) is 13.0 Å². The van der Waals surface area contributed by atoms with Gasteiger partial charge in [-0.2, -0.15) is 0 Å². The zero-order chi connectivity index (χ0) is 18.9. The van der Waals surface area contributed by atoms with Gasteiger partial charge in [0.15, 0.2) is 11.7 Å². The van der Waals surface area contributed by atoms with Crippen LogP contribution in [0.1, 0.15) is 35.2 Å². The quantitative estimate of drug-likeness (QED) is 0.211. The topological polar surface area (TPSA) is 92.6 Å². The second-order valence-corrected chi connectivity index (χ2v) is 6.44. The Bertz CT molecular complexity index is 780. The number of halogens is 3. The fraction of sp³-hybridized carbons (Fsp3) is 0.333. The van der Waals surface area contributed by atoms with Crippen molar-refractivity contribution in [3.63, 3.8) is 0 Å². The molecule has 0 atom stereocenters. The molecule has 0 bridgehead atoms. The van der Waals surface area contributed by atoms with Crippen molar-refractivity contribution in [1.82, 2.24) is 10.6 Å². The molecule has 2 rings (SSSR count). The van der Waals surface area contributed by atoms with E-state index in [1.165, 1.54) is 0 Å². The highest BCUT2D eigenvalue weighted by Gasteiger charge is 2.07. The molecule has 0 unspecified atom stereocenters. The van der Waals surface area contributed by atoms with Crippen LogP contribution in [0.25, 0.3) is 0 Å². The maximum Gasteiger partial charge on any atom is 0.284 e. The van der Waals surface area contributed by atoms with E-state index < -0.39 is 5.91 Å². The van der Waals surface area contributed by atoms with Crippen molar-refractivity contribution in [1.29, 1.82) is 0 Å². The van der Waals surface area contributed by atoms with Crippen LogP contribution in [0.4, 0.5) is 0 Å². The van der Waals surface area contributed by atoms with Gasteiger partial charge in [0.05, 0.1) is 0 Å². The number of aliphatic imine (C=N–C) groups is 1. The van der Waals surface area contributed by atoms with Gasteiger partial charge in [-0.05, 0) is 49.6 Å². The molecule has 1 aromatic carbocycles. The third kappa shape index (κ3) is 7.98. The largest absolute Gasteiger partial charge is 0.454 e. The second-order valence-electron chi connectivity index (χ2n) is 5.59. The normalized spacial score (nSPS) is 11.0. The van der Waals surface area contributed by atoms with Crippen molar-refractivity contribution in [3.05, 3.63) is 57.5 Å². The molecule has 1 amide bonds. The molecule has 1 heterocycles. The van der Waals surface area contributed by atoms with Crippen LogP contribution in [-0.4, -0.2) is 25.0 Å². The maximum absolute atomic E-state index is 11.0. The van der Waals surface area contributed by atoms with Crippen molar-refractivity contribution in [2.75, 3.05) is 13.1 Å². The number of rotatable bonds is 8. The summed E-state index contributed by atoms with van der Waals surface area (Å²) in [4.78, 5) is 15.5. The third-order valence-electron chi connectivity index (χ3n) is 3.57. The van der Waals surface area contributed by atoms with Crippen molar-refractivity contribution in [2.45, 2.75) is 26.3 Å². The van der Waals surface area contributed by atoms with Crippen LogP contribution in [0.3, 0.4) is 0 Å². The Morgan fingerprint density at radius 2 is 2.00 bits per heavy atom. The van der Waals surface area contributed by atoms with Gasteiger partial charge in [-0.25, -0.2) is 4.99 Å². The number of nitrogens with two attached hydrogens (primary N) is 1. The number of guanidine groups is 1. The molecule has 6 nitrogen and oxygen atoms in total. The van der Waals surface area contributed by atoms with Crippen LogP contribution < -0.4 is 16.4 Å². The van der Waals surface area contributed by atoms with E-state index in [0.29, 0.717) is 28.3 Å². The number of primary amides is 1. The molecule has 2 aromatic rings. The molecule has 0 aliphatic carbocycles. The minimum atomic E-state index is -0.592. The van der Waals surface area contributed by atoms with E-state index in [-0.39, 0.29) is 29.7 Å². The number of nitrogens with one attached hydrogen (secondary N) is 2. The second kappa shape index (κ2) is 12.1. The third-order valence-corrected chi connectivity index (χ3v) is 4.16. The number of nitrogens with zero attached hydrogens (tertiary/aromatic N) is 1. The van der Waals surface area contributed by atoms with Gasteiger partial charge in [0, 0.05) is 23.1 Å². The van der Waals surface area contributed by atoms with E-state index in [1.807, 2.05) is 19.1 Å². The standard InChI is InChI=1S/C18H22Cl2N4O2.HI/c1-2-22-18(24-11-14-7-8-16(26-14)17(21)25)23-9-3-4-12-5-6-13(19)10-15(12)20;/h5-8,10H,2-4,9,11H2,1H3,(H2,21,25)(H2,22,23,24);1H. The summed E-state index contributed by atoms with van der Waals surface area (Å²) in [5, 5.41) is 7.74. The summed E-state index contributed by atoms with van der Waals surface area (Å²) in [6, 6.07) is 8.77. The minimum Gasteiger partial charge on any atom is -0.454 e. The van der Waals surface area contributed by atoms with Gasteiger partial charge in [-0.15, -0.1) is 24.0 Å². The molecular formula is C18H23Cl2IN4O2. The Morgan fingerprint density at radius 1 is 1.22 bits per heavy atom. The van der Waals surface area contributed by atoms with Crippen molar-refractivity contribution >= 4 is 59.0 Å². The highest BCUT2D eigenvalue weighted by Crippen LogP contribution is 2.21. The van der Waals surface area contributed by atoms with Crippen LogP contribution in [0.2, 0.25) is 10.0 Å². The molecule has 0 saturated heterocycles. The number of hydrogen-bond donors (Lipinski definition) is 3. The van der Waals surface area contributed by atoms with Crippen molar-refractivity contribution in [2.24, 2.45) is 10.7 Å². The fourth-order valence-electron chi connectivity index (χ4n) is 2.30. The van der Waals surface area contributed by atoms with Gasteiger partial charge < -0.3 is 20.8 Å². The highest BCUT2D eigenvalue weighted by molar-refractivity contribution is 14.0. The van der Waals surface area contributed by atoms with Gasteiger partial charge in [0.25, 0.3) is 5.91 Å². The van der Waals surface area contributed by atoms with E-state index in [0.717, 1.165) is 31.5 Å². The van der Waals surface area contributed by atoms with Crippen molar-refractivity contribution in [3.8, 4) is 0 Å².